The zero-order valence-electron chi connectivity index (χ0n) is 10.9. The molecule has 1 aliphatic rings. The summed E-state index contributed by atoms with van der Waals surface area (Å²) in [6.45, 7) is 2.48. The highest BCUT2D eigenvalue weighted by atomic mass is 79.9. The fraction of sp³-hybridized carbons (Fsp3) is 0.462. The summed E-state index contributed by atoms with van der Waals surface area (Å²) in [4.78, 5) is 13.9. The molecule has 1 saturated heterocycles. The van der Waals surface area contributed by atoms with Crippen molar-refractivity contribution in [1.82, 2.24) is 4.90 Å². The third-order valence-electron chi connectivity index (χ3n) is 3.06. The van der Waals surface area contributed by atoms with Gasteiger partial charge in [0.1, 0.15) is 5.82 Å². The molecule has 1 aromatic rings. The van der Waals surface area contributed by atoms with E-state index in [1.54, 1.807) is 6.07 Å². The summed E-state index contributed by atoms with van der Waals surface area (Å²) in [5.74, 6) is -0.710. The number of rotatable bonds is 4. The molecule has 0 aliphatic carbocycles. The van der Waals surface area contributed by atoms with Gasteiger partial charge in [-0.05, 0) is 18.2 Å². The summed E-state index contributed by atoms with van der Waals surface area (Å²) in [6.07, 6.45) is -0.0408. The monoisotopic (exact) mass is 345 g/mol. The number of ether oxygens (including phenoxy) is 1. The van der Waals surface area contributed by atoms with Gasteiger partial charge in [-0.2, -0.15) is 0 Å². The van der Waals surface area contributed by atoms with Crippen LogP contribution in [-0.4, -0.2) is 49.7 Å². The first-order chi connectivity index (χ1) is 9.58. The molecule has 110 valence electrons. The number of halogens is 2. The Hall–Kier alpha value is -1.02. The maximum atomic E-state index is 13.6. The fourth-order valence-corrected chi connectivity index (χ4v) is 2.38. The maximum Gasteiger partial charge on any atom is 0.238 e. The Bertz CT molecular complexity index is 487. The van der Waals surface area contributed by atoms with Gasteiger partial charge in [-0.1, -0.05) is 15.9 Å². The number of nitrogens with two attached hydrogens (primary N) is 1. The van der Waals surface area contributed by atoms with Crippen molar-refractivity contribution in [3.05, 3.63) is 28.5 Å². The standard InChI is InChI=1S/C13H17BrFN3O2/c14-9-1-2-12(11(15)5-9)17-13(19)8-18-3-4-20-10(6-16)7-18/h1-2,5,10H,3-4,6-8,16H2,(H,17,19). The van der Waals surface area contributed by atoms with E-state index >= 15 is 0 Å². The second kappa shape index (κ2) is 7.12. The molecule has 0 spiro atoms. The number of hydrogen-bond acceptors (Lipinski definition) is 4. The molecule has 1 unspecified atom stereocenters. The summed E-state index contributed by atoms with van der Waals surface area (Å²) in [5, 5.41) is 2.57. The summed E-state index contributed by atoms with van der Waals surface area (Å²) in [6, 6.07) is 4.52. The van der Waals surface area contributed by atoms with Crippen LogP contribution in [0.5, 0.6) is 0 Å². The molecule has 1 fully saturated rings. The largest absolute Gasteiger partial charge is 0.374 e. The van der Waals surface area contributed by atoms with E-state index in [4.69, 9.17) is 10.5 Å². The van der Waals surface area contributed by atoms with Crippen molar-refractivity contribution in [2.75, 3.05) is 38.1 Å². The highest BCUT2D eigenvalue weighted by Crippen LogP contribution is 2.19. The molecule has 1 aromatic carbocycles. The minimum atomic E-state index is -0.463. The van der Waals surface area contributed by atoms with Crippen LogP contribution in [0.1, 0.15) is 0 Å². The molecule has 0 radical (unpaired) electrons. The molecule has 1 heterocycles. The second-order valence-electron chi connectivity index (χ2n) is 4.64. The molecule has 2 rings (SSSR count). The molecule has 3 N–H and O–H groups in total. The van der Waals surface area contributed by atoms with Gasteiger partial charge in [0.05, 0.1) is 24.9 Å². The van der Waals surface area contributed by atoms with Gasteiger partial charge in [0, 0.05) is 24.1 Å². The molecule has 1 amide bonds. The molecular formula is C13H17BrFN3O2. The minimum Gasteiger partial charge on any atom is -0.374 e. The van der Waals surface area contributed by atoms with Gasteiger partial charge in [0.2, 0.25) is 5.91 Å². The first-order valence-corrected chi connectivity index (χ1v) is 7.16. The van der Waals surface area contributed by atoms with Gasteiger partial charge < -0.3 is 15.8 Å². The predicted molar refractivity (Wildman–Crippen MR) is 78.0 cm³/mol. The van der Waals surface area contributed by atoms with E-state index in [2.05, 4.69) is 21.2 Å². The number of amides is 1. The van der Waals surface area contributed by atoms with E-state index in [1.807, 2.05) is 4.90 Å². The summed E-state index contributed by atoms with van der Waals surface area (Å²) in [5.41, 5.74) is 5.73. The molecule has 1 aliphatic heterocycles. The van der Waals surface area contributed by atoms with Crippen molar-refractivity contribution in [3.63, 3.8) is 0 Å². The summed E-state index contributed by atoms with van der Waals surface area (Å²) in [7, 11) is 0. The van der Waals surface area contributed by atoms with Crippen LogP contribution in [0.15, 0.2) is 22.7 Å². The molecular weight excluding hydrogens is 329 g/mol. The molecule has 7 heteroatoms. The van der Waals surface area contributed by atoms with Crippen molar-refractivity contribution in [2.24, 2.45) is 5.73 Å². The van der Waals surface area contributed by atoms with Crippen molar-refractivity contribution in [1.29, 1.82) is 0 Å². The molecule has 20 heavy (non-hydrogen) atoms. The molecule has 0 bridgehead atoms. The average Bonchev–Trinajstić information content (AvgIpc) is 2.42. The zero-order valence-corrected chi connectivity index (χ0v) is 12.5. The lowest BCUT2D eigenvalue weighted by atomic mass is 10.2. The number of carbonyl (C=O) groups excluding carboxylic acids is 1. The number of nitrogens with zero attached hydrogens (tertiary/aromatic N) is 1. The van der Waals surface area contributed by atoms with Gasteiger partial charge in [-0.3, -0.25) is 9.69 Å². The lowest BCUT2D eigenvalue weighted by molar-refractivity contribution is -0.119. The van der Waals surface area contributed by atoms with E-state index in [-0.39, 0.29) is 24.2 Å². The third-order valence-corrected chi connectivity index (χ3v) is 3.55. The van der Waals surface area contributed by atoms with E-state index in [0.717, 1.165) is 0 Å². The Labute approximate surface area is 125 Å². The molecule has 1 atom stereocenters. The predicted octanol–water partition coefficient (Wildman–Crippen LogP) is 1.19. The van der Waals surface area contributed by atoms with Crippen molar-refractivity contribution < 1.29 is 13.9 Å². The van der Waals surface area contributed by atoms with Crippen LogP contribution >= 0.6 is 15.9 Å². The quantitative estimate of drug-likeness (QED) is 0.859. The average molecular weight is 346 g/mol. The Morgan fingerprint density at radius 1 is 1.60 bits per heavy atom. The fourth-order valence-electron chi connectivity index (χ4n) is 2.05. The van der Waals surface area contributed by atoms with Gasteiger partial charge in [-0.25, -0.2) is 4.39 Å². The Morgan fingerprint density at radius 3 is 3.10 bits per heavy atom. The summed E-state index contributed by atoms with van der Waals surface area (Å²) >= 11 is 3.17. The van der Waals surface area contributed by atoms with E-state index < -0.39 is 5.82 Å². The second-order valence-corrected chi connectivity index (χ2v) is 5.55. The molecule has 0 saturated carbocycles. The smallest absolute Gasteiger partial charge is 0.238 e. The highest BCUT2D eigenvalue weighted by molar-refractivity contribution is 9.10. The maximum absolute atomic E-state index is 13.6. The Balaban J connectivity index is 1.88. The number of nitrogens with one attached hydrogen (secondary N) is 1. The summed E-state index contributed by atoms with van der Waals surface area (Å²) < 4.78 is 19.7. The van der Waals surface area contributed by atoms with Gasteiger partial charge in [0.25, 0.3) is 0 Å². The molecule has 5 nitrogen and oxygen atoms in total. The van der Waals surface area contributed by atoms with Crippen LogP contribution < -0.4 is 11.1 Å². The highest BCUT2D eigenvalue weighted by Gasteiger charge is 2.21. The minimum absolute atomic E-state index is 0.0408. The van der Waals surface area contributed by atoms with Crippen LogP contribution in [0.4, 0.5) is 10.1 Å². The normalized spacial score (nSPS) is 19.9. The van der Waals surface area contributed by atoms with Crippen LogP contribution in [-0.2, 0) is 9.53 Å². The lowest BCUT2D eigenvalue weighted by Gasteiger charge is -2.31. The lowest BCUT2D eigenvalue weighted by Crippen LogP contribution is -2.48. The van der Waals surface area contributed by atoms with Gasteiger partial charge in [0.15, 0.2) is 0 Å². The number of anilines is 1. The number of hydrogen-bond donors (Lipinski definition) is 2. The van der Waals surface area contributed by atoms with Crippen molar-refractivity contribution in [3.8, 4) is 0 Å². The van der Waals surface area contributed by atoms with Crippen molar-refractivity contribution >= 4 is 27.5 Å². The van der Waals surface area contributed by atoms with Crippen LogP contribution in [0.3, 0.4) is 0 Å². The van der Waals surface area contributed by atoms with Crippen LogP contribution in [0.25, 0.3) is 0 Å². The SMILES string of the molecule is NCC1CN(CC(=O)Nc2ccc(Br)cc2F)CCO1. The van der Waals surface area contributed by atoms with Crippen molar-refractivity contribution in [2.45, 2.75) is 6.10 Å². The van der Waals surface area contributed by atoms with Gasteiger partial charge in [-0.15, -0.1) is 0 Å². The van der Waals surface area contributed by atoms with Gasteiger partial charge >= 0.3 is 0 Å². The van der Waals surface area contributed by atoms with E-state index in [0.29, 0.717) is 30.7 Å². The number of benzene rings is 1. The molecule has 0 aromatic heterocycles. The van der Waals surface area contributed by atoms with Crippen LogP contribution in [0.2, 0.25) is 0 Å². The van der Waals surface area contributed by atoms with E-state index in [1.165, 1.54) is 12.1 Å². The topological polar surface area (TPSA) is 67.6 Å². The number of carbonyl (C=O) groups is 1. The van der Waals surface area contributed by atoms with E-state index in [9.17, 15) is 9.18 Å². The first kappa shape index (κ1) is 15.4. The Morgan fingerprint density at radius 2 is 2.40 bits per heavy atom. The number of morpholine rings is 1. The Kier molecular flexibility index (Phi) is 5.47. The third kappa shape index (κ3) is 4.24. The zero-order chi connectivity index (χ0) is 14.5. The van der Waals surface area contributed by atoms with Crippen LogP contribution in [0, 0.1) is 5.82 Å². The first-order valence-electron chi connectivity index (χ1n) is 6.37.